The summed E-state index contributed by atoms with van der Waals surface area (Å²) in [6, 6.07) is 17.3. The molecule has 1 aromatic heterocycles. The zero-order valence-electron chi connectivity index (χ0n) is 16.6. The maximum Gasteiger partial charge on any atom is 0.309 e. The molecule has 6 nitrogen and oxygen atoms in total. The van der Waals surface area contributed by atoms with E-state index in [2.05, 4.69) is 4.98 Å². The fourth-order valence-corrected chi connectivity index (χ4v) is 3.10. The van der Waals surface area contributed by atoms with Crippen LogP contribution < -0.4 is 4.74 Å². The molecule has 1 amide bonds. The Bertz CT molecular complexity index is 998. The summed E-state index contributed by atoms with van der Waals surface area (Å²) < 4.78 is 10.6. The SMILES string of the molecule is COC(=O)Cc1cccc(CN(CCOc2cccc3cccnc23)C(C)=O)c1. The topological polar surface area (TPSA) is 68.7 Å². The monoisotopic (exact) mass is 392 g/mol. The van der Waals surface area contributed by atoms with Crippen molar-refractivity contribution in [2.45, 2.75) is 19.9 Å². The van der Waals surface area contributed by atoms with Gasteiger partial charge in [-0.05, 0) is 23.3 Å². The van der Waals surface area contributed by atoms with Gasteiger partial charge in [-0.15, -0.1) is 0 Å². The zero-order chi connectivity index (χ0) is 20.6. The smallest absolute Gasteiger partial charge is 0.309 e. The number of methoxy groups -OCH3 is 1. The van der Waals surface area contributed by atoms with Crippen LogP contribution in [0.2, 0.25) is 0 Å². The molecule has 0 atom stereocenters. The predicted molar refractivity (Wildman–Crippen MR) is 110 cm³/mol. The van der Waals surface area contributed by atoms with Crippen LogP contribution >= 0.6 is 0 Å². The molecular formula is C23H24N2O4. The molecule has 0 aliphatic carbocycles. The summed E-state index contributed by atoms with van der Waals surface area (Å²) in [6.07, 6.45) is 1.94. The van der Waals surface area contributed by atoms with Gasteiger partial charge in [-0.3, -0.25) is 14.6 Å². The summed E-state index contributed by atoms with van der Waals surface area (Å²) >= 11 is 0. The minimum absolute atomic E-state index is 0.0389. The fourth-order valence-electron chi connectivity index (χ4n) is 3.10. The van der Waals surface area contributed by atoms with Crippen molar-refractivity contribution < 1.29 is 19.1 Å². The molecule has 0 radical (unpaired) electrons. The number of esters is 1. The summed E-state index contributed by atoms with van der Waals surface area (Å²) in [5.41, 5.74) is 2.62. The number of fused-ring (bicyclic) bond motifs is 1. The molecule has 0 unspecified atom stereocenters. The van der Waals surface area contributed by atoms with E-state index in [-0.39, 0.29) is 18.3 Å². The first-order chi connectivity index (χ1) is 14.1. The van der Waals surface area contributed by atoms with E-state index in [0.29, 0.717) is 25.4 Å². The maximum atomic E-state index is 12.1. The molecule has 29 heavy (non-hydrogen) atoms. The minimum Gasteiger partial charge on any atom is -0.489 e. The number of hydrogen-bond acceptors (Lipinski definition) is 5. The van der Waals surface area contributed by atoms with Gasteiger partial charge < -0.3 is 14.4 Å². The first-order valence-corrected chi connectivity index (χ1v) is 9.43. The van der Waals surface area contributed by atoms with E-state index < -0.39 is 0 Å². The van der Waals surface area contributed by atoms with Crippen molar-refractivity contribution in [2.75, 3.05) is 20.3 Å². The van der Waals surface area contributed by atoms with Crippen LogP contribution in [0.5, 0.6) is 5.75 Å². The fraction of sp³-hybridized carbons (Fsp3) is 0.261. The molecule has 2 aromatic carbocycles. The van der Waals surface area contributed by atoms with Crippen molar-refractivity contribution in [3.63, 3.8) is 0 Å². The molecule has 150 valence electrons. The quantitative estimate of drug-likeness (QED) is 0.550. The lowest BCUT2D eigenvalue weighted by Gasteiger charge is -2.22. The number of amides is 1. The maximum absolute atomic E-state index is 12.1. The lowest BCUT2D eigenvalue weighted by Crippen LogP contribution is -2.32. The van der Waals surface area contributed by atoms with E-state index in [1.807, 2.05) is 54.6 Å². The number of carbonyl (C=O) groups excluding carboxylic acids is 2. The molecule has 0 saturated carbocycles. The van der Waals surface area contributed by atoms with Crippen LogP contribution in [0.25, 0.3) is 10.9 Å². The number of benzene rings is 2. The summed E-state index contributed by atoms with van der Waals surface area (Å²) in [5.74, 6) is 0.373. The summed E-state index contributed by atoms with van der Waals surface area (Å²) in [5, 5.41) is 1.01. The summed E-state index contributed by atoms with van der Waals surface area (Å²) in [6.45, 7) is 2.79. The number of carbonyl (C=O) groups is 2. The second kappa shape index (κ2) is 9.68. The number of rotatable bonds is 8. The van der Waals surface area contributed by atoms with Crippen molar-refractivity contribution in [1.82, 2.24) is 9.88 Å². The van der Waals surface area contributed by atoms with Crippen molar-refractivity contribution in [3.05, 3.63) is 71.9 Å². The van der Waals surface area contributed by atoms with Crippen molar-refractivity contribution in [2.24, 2.45) is 0 Å². The predicted octanol–water partition coefficient (Wildman–Crippen LogP) is 3.38. The lowest BCUT2D eigenvalue weighted by molar-refractivity contribution is -0.139. The lowest BCUT2D eigenvalue weighted by atomic mass is 10.1. The summed E-state index contributed by atoms with van der Waals surface area (Å²) in [4.78, 5) is 29.7. The molecule has 6 heteroatoms. The molecule has 3 aromatic rings. The van der Waals surface area contributed by atoms with Gasteiger partial charge in [0.15, 0.2) is 0 Å². The number of aromatic nitrogens is 1. The minimum atomic E-state index is -0.289. The number of hydrogen-bond donors (Lipinski definition) is 0. The Balaban J connectivity index is 1.63. The molecule has 3 rings (SSSR count). The molecule has 0 bridgehead atoms. The molecule has 0 aliphatic rings. The van der Waals surface area contributed by atoms with E-state index in [1.165, 1.54) is 14.0 Å². The average Bonchev–Trinajstić information content (AvgIpc) is 2.73. The highest BCUT2D eigenvalue weighted by molar-refractivity contribution is 5.84. The van der Waals surface area contributed by atoms with Crippen molar-refractivity contribution in [3.8, 4) is 5.75 Å². The van der Waals surface area contributed by atoms with E-state index in [1.54, 1.807) is 11.1 Å². The van der Waals surface area contributed by atoms with Crippen molar-refractivity contribution >= 4 is 22.8 Å². The van der Waals surface area contributed by atoms with E-state index >= 15 is 0 Å². The highest BCUT2D eigenvalue weighted by Gasteiger charge is 2.12. The number of nitrogens with zero attached hydrogens (tertiary/aromatic N) is 2. The van der Waals surface area contributed by atoms with Gasteiger partial charge in [0.25, 0.3) is 0 Å². The molecule has 0 saturated heterocycles. The van der Waals surface area contributed by atoms with Crippen LogP contribution in [0.4, 0.5) is 0 Å². The van der Waals surface area contributed by atoms with Gasteiger partial charge in [-0.2, -0.15) is 0 Å². The molecule has 0 aliphatic heterocycles. The largest absolute Gasteiger partial charge is 0.489 e. The van der Waals surface area contributed by atoms with Gasteiger partial charge in [0.05, 0.1) is 20.1 Å². The Kier molecular flexibility index (Phi) is 6.79. The highest BCUT2D eigenvalue weighted by atomic mass is 16.5. The van der Waals surface area contributed by atoms with Crippen molar-refractivity contribution in [1.29, 1.82) is 0 Å². The van der Waals surface area contributed by atoms with E-state index in [0.717, 1.165) is 22.0 Å². The number of pyridine rings is 1. The van der Waals surface area contributed by atoms with Crippen LogP contribution in [-0.4, -0.2) is 42.0 Å². The average molecular weight is 392 g/mol. The Morgan fingerprint density at radius 3 is 2.59 bits per heavy atom. The third kappa shape index (κ3) is 5.54. The molecule has 1 heterocycles. The van der Waals surface area contributed by atoms with E-state index in [9.17, 15) is 9.59 Å². The molecular weight excluding hydrogens is 368 g/mol. The Hall–Kier alpha value is -3.41. The third-order valence-corrected chi connectivity index (χ3v) is 4.60. The van der Waals surface area contributed by atoms with Gasteiger partial charge in [0, 0.05) is 25.1 Å². The molecule has 0 N–H and O–H groups in total. The second-order valence-corrected chi connectivity index (χ2v) is 6.69. The van der Waals surface area contributed by atoms with Crippen LogP contribution in [0, 0.1) is 0 Å². The first kappa shape index (κ1) is 20.3. The normalized spacial score (nSPS) is 10.6. The van der Waals surface area contributed by atoms with Gasteiger partial charge in [-0.1, -0.05) is 42.5 Å². The van der Waals surface area contributed by atoms with Gasteiger partial charge in [0.2, 0.25) is 5.91 Å². The first-order valence-electron chi connectivity index (χ1n) is 9.43. The zero-order valence-corrected chi connectivity index (χ0v) is 16.6. The van der Waals surface area contributed by atoms with Gasteiger partial charge >= 0.3 is 5.97 Å². The third-order valence-electron chi connectivity index (χ3n) is 4.60. The van der Waals surface area contributed by atoms with Crippen LogP contribution in [0.15, 0.2) is 60.8 Å². The van der Waals surface area contributed by atoms with Crippen LogP contribution in [0.1, 0.15) is 18.1 Å². The van der Waals surface area contributed by atoms with Gasteiger partial charge in [0.1, 0.15) is 17.9 Å². The van der Waals surface area contributed by atoms with E-state index in [4.69, 9.17) is 9.47 Å². The van der Waals surface area contributed by atoms with Crippen LogP contribution in [0.3, 0.4) is 0 Å². The molecule has 0 spiro atoms. The number of para-hydroxylation sites is 1. The number of ether oxygens (including phenoxy) is 2. The van der Waals surface area contributed by atoms with Crippen LogP contribution in [-0.2, 0) is 27.3 Å². The standard InChI is InChI=1S/C23H24N2O4/c1-17(26)25(16-19-7-3-6-18(14-19)15-22(27)28-2)12-13-29-21-10-4-8-20-9-5-11-24-23(20)21/h3-11,14H,12-13,15-16H2,1-2H3. The second-order valence-electron chi connectivity index (χ2n) is 6.69. The Labute approximate surface area is 170 Å². The molecule has 0 fully saturated rings. The van der Waals surface area contributed by atoms with Gasteiger partial charge in [-0.25, -0.2) is 0 Å². The highest BCUT2D eigenvalue weighted by Crippen LogP contribution is 2.22. The summed E-state index contributed by atoms with van der Waals surface area (Å²) in [7, 11) is 1.37. The Morgan fingerprint density at radius 1 is 1.03 bits per heavy atom. The Morgan fingerprint density at radius 2 is 1.79 bits per heavy atom.